The first-order valence-electron chi connectivity index (χ1n) is 3.94. The van der Waals surface area contributed by atoms with Crippen molar-refractivity contribution in [3.05, 3.63) is 28.3 Å². The number of benzene rings is 1. The van der Waals surface area contributed by atoms with Gasteiger partial charge in [0.25, 0.3) is 0 Å². The van der Waals surface area contributed by atoms with Crippen LogP contribution in [0.2, 0.25) is 0 Å². The van der Waals surface area contributed by atoms with Crippen LogP contribution >= 0.6 is 0 Å². The van der Waals surface area contributed by atoms with Gasteiger partial charge in [-0.15, -0.1) is 0 Å². The maximum atomic E-state index is 10.5. The van der Waals surface area contributed by atoms with Crippen LogP contribution in [-0.4, -0.2) is 19.1 Å². The molecule has 0 saturated carbocycles. The van der Waals surface area contributed by atoms with E-state index in [9.17, 15) is 10.1 Å². The summed E-state index contributed by atoms with van der Waals surface area (Å²) in [6.45, 7) is 0. The molecule has 0 amide bonds. The molecule has 6 heteroatoms. The minimum absolute atomic E-state index is 0.0471. The Labute approximate surface area is 81.0 Å². The number of ether oxygens (including phenoxy) is 1. The van der Waals surface area contributed by atoms with Crippen molar-refractivity contribution in [3.8, 4) is 5.75 Å². The van der Waals surface area contributed by atoms with Gasteiger partial charge in [0.05, 0.1) is 17.7 Å². The largest absolute Gasteiger partial charge is 0.490 e. The lowest BCUT2D eigenvalue weighted by molar-refractivity contribution is -0.385. The van der Waals surface area contributed by atoms with Crippen molar-refractivity contribution in [2.24, 2.45) is 0 Å². The second kappa shape index (κ2) is 4.43. The summed E-state index contributed by atoms with van der Waals surface area (Å²) in [5.74, 6) is 0.232. The number of nitro groups is 1. The fourth-order valence-corrected chi connectivity index (χ4v) is 1.05. The third-order valence-electron chi connectivity index (χ3n) is 1.65. The Morgan fingerprint density at radius 2 is 2.21 bits per heavy atom. The summed E-state index contributed by atoms with van der Waals surface area (Å²) in [5.41, 5.74) is 6.16. The summed E-state index contributed by atoms with van der Waals surface area (Å²) < 4.78 is 4.88. The van der Waals surface area contributed by atoms with Gasteiger partial charge in [0.1, 0.15) is 0 Å². The van der Waals surface area contributed by atoms with E-state index in [0.717, 1.165) is 0 Å². The Hall–Kier alpha value is -1.82. The van der Waals surface area contributed by atoms with Gasteiger partial charge >= 0.3 is 5.69 Å². The Morgan fingerprint density at radius 1 is 1.50 bits per heavy atom. The molecule has 76 valence electrons. The molecule has 0 aliphatic carbocycles. The molecule has 0 spiro atoms. The van der Waals surface area contributed by atoms with Crippen LogP contribution in [-0.2, 0) is 0 Å². The van der Waals surface area contributed by atoms with Crippen molar-refractivity contribution in [2.45, 2.75) is 0 Å². The van der Waals surface area contributed by atoms with Crippen molar-refractivity contribution in [3.63, 3.8) is 0 Å². The standard InChI is InChI=1S/C8H11N3O3/c1-9-10-6-3-4-7(11(12)13)8(5-6)14-2/h3-5,9-10H,1-2H3. The second-order valence-electron chi connectivity index (χ2n) is 2.52. The van der Waals surface area contributed by atoms with Crippen LogP contribution in [0.3, 0.4) is 0 Å². The monoisotopic (exact) mass is 197 g/mol. The number of anilines is 1. The fourth-order valence-electron chi connectivity index (χ4n) is 1.05. The van der Waals surface area contributed by atoms with Crippen LogP contribution in [0.15, 0.2) is 18.2 Å². The van der Waals surface area contributed by atoms with Gasteiger partial charge in [-0.3, -0.25) is 10.1 Å². The Bertz CT molecular complexity index is 341. The van der Waals surface area contributed by atoms with Crippen LogP contribution < -0.4 is 15.6 Å². The lowest BCUT2D eigenvalue weighted by atomic mass is 10.2. The van der Waals surface area contributed by atoms with Crippen LogP contribution in [0.4, 0.5) is 11.4 Å². The molecule has 1 aromatic rings. The predicted molar refractivity (Wildman–Crippen MR) is 52.3 cm³/mol. The maximum Gasteiger partial charge on any atom is 0.311 e. The van der Waals surface area contributed by atoms with Crippen molar-refractivity contribution < 1.29 is 9.66 Å². The van der Waals surface area contributed by atoms with E-state index in [1.165, 1.54) is 13.2 Å². The fraction of sp³-hybridized carbons (Fsp3) is 0.250. The lowest BCUT2D eigenvalue weighted by Crippen LogP contribution is -2.14. The zero-order valence-electron chi connectivity index (χ0n) is 7.90. The summed E-state index contributed by atoms with van der Waals surface area (Å²) in [7, 11) is 3.10. The molecular weight excluding hydrogens is 186 g/mol. The van der Waals surface area contributed by atoms with E-state index in [1.54, 1.807) is 19.2 Å². The Balaban J connectivity index is 3.05. The van der Waals surface area contributed by atoms with E-state index >= 15 is 0 Å². The van der Waals surface area contributed by atoms with Gasteiger partial charge in [-0.25, -0.2) is 5.43 Å². The molecule has 0 fully saturated rings. The minimum atomic E-state index is -0.484. The SMILES string of the molecule is CNNc1ccc([N+](=O)[O-])c(OC)c1. The van der Waals surface area contributed by atoms with Gasteiger partial charge in [-0.05, 0) is 6.07 Å². The molecule has 1 aromatic carbocycles. The predicted octanol–water partition coefficient (Wildman–Crippen LogP) is 1.15. The summed E-state index contributed by atoms with van der Waals surface area (Å²) >= 11 is 0. The average molecular weight is 197 g/mol. The first-order chi connectivity index (χ1) is 6.69. The summed E-state index contributed by atoms with van der Waals surface area (Å²) in [4.78, 5) is 10.1. The number of nitro benzene ring substituents is 1. The highest BCUT2D eigenvalue weighted by Crippen LogP contribution is 2.29. The molecule has 14 heavy (non-hydrogen) atoms. The van der Waals surface area contributed by atoms with Gasteiger partial charge in [-0.1, -0.05) is 0 Å². The third-order valence-corrected chi connectivity index (χ3v) is 1.65. The molecule has 0 saturated heterocycles. The van der Waals surface area contributed by atoms with E-state index < -0.39 is 4.92 Å². The molecule has 0 atom stereocenters. The Kier molecular flexibility index (Phi) is 3.24. The van der Waals surface area contributed by atoms with E-state index in [0.29, 0.717) is 5.69 Å². The van der Waals surface area contributed by atoms with Crippen molar-refractivity contribution >= 4 is 11.4 Å². The molecule has 0 aliphatic rings. The zero-order valence-corrected chi connectivity index (χ0v) is 7.90. The molecule has 0 aliphatic heterocycles. The van der Waals surface area contributed by atoms with Gasteiger partial charge in [0, 0.05) is 19.2 Å². The Morgan fingerprint density at radius 3 is 2.71 bits per heavy atom. The van der Waals surface area contributed by atoms with Gasteiger partial charge < -0.3 is 10.2 Å². The summed E-state index contributed by atoms with van der Waals surface area (Å²) in [5, 5.41) is 10.5. The van der Waals surface area contributed by atoms with Crippen molar-refractivity contribution in [2.75, 3.05) is 19.6 Å². The van der Waals surface area contributed by atoms with E-state index in [2.05, 4.69) is 10.9 Å². The highest BCUT2D eigenvalue weighted by molar-refractivity contribution is 5.57. The van der Waals surface area contributed by atoms with E-state index in [4.69, 9.17) is 4.74 Å². The van der Waals surface area contributed by atoms with E-state index in [-0.39, 0.29) is 11.4 Å². The smallest absolute Gasteiger partial charge is 0.311 e. The van der Waals surface area contributed by atoms with Crippen LogP contribution in [0, 0.1) is 10.1 Å². The number of nitrogens with one attached hydrogen (secondary N) is 2. The molecule has 6 nitrogen and oxygen atoms in total. The van der Waals surface area contributed by atoms with Crippen LogP contribution in [0.5, 0.6) is 5.75 Å². The maximum absolute atomic E-state index is 10.5. The highest BCUT2D eigenvalue weighted by Gasteiger charge is 2.14. The topological polar surface area (TPSA) is 76.4 Å². The first-order valence-corrected chi connectivity index (χ1v) is 3.94. The molecule has 0 heterocycles. The molecule has 0 radical (unpaired) electrons. The summed E-state index contributed by atoms with van der Waals surface area (Å²) in [6.07, 6.45) is 0. The number of hydrogen-bond donors (Lipinski definition) is 2. The summed E-state index contributed by atoms with van der Waals surface area (Å²) in [6, 6.07) is 4.53. The van der Waals surface area contributed by atoms with Crippen LogP contribution in [0.1, 0.15) is 0 Å². The van der Waals surface area contributed by atoms with Gasteiger partial charge in [0.15, 0.2) is 5.75 Å². The number of hydrogen-bond acceptors (Lipinski definition) is 5. The molecule has 0 unspecified atom stereocenters. The molecule has 0 aromatic heterocycles. The third kappa shape index (κ3) is 2.11. The first kappa shape index (κ1) is 10.3. The molecular formula is C8H11N3O3. The van der Waals surface area contributed by atoms with Gasteiger partial charge in [0.2, 0.25) is 0 Å². The quantitative estimate of drug-likeness (QED) is 0.559. The number of rotatable bonds is 4. The molecule has 1 rings (SSSR count). The second-order valence-corrected chi connectivity index (χ2v) is 2.52. The average Bonchev–Trinajstić information content (AvgIpc) is 2.17. The van der Waals surface area contributed by atoms with Crippen molar-refractivity contribution in [1.29, 1.82) is 0 Å². The van der Waals surface area contributed by atoms with E-state index in [1.807, 2.05) is 0 Å². The number of hydrazine groups is 1. The highest BCUT2D eigenvalue weighted by atomic mass is 16.6. The van der Waals surface area contributed by atoms with Gasteiger partial charge in [-0.2, -0.15) is 0 Å². The van der Waals surface area contributed by atoms with Crippen molar-refractivity contribution in [1.82, 2.24) is 5.43 Å². The number of methoxy groups -OCH3 is 1. The normalized spacial score (nSPS) is 9.57. The zero-order chi connectivity index (χ0) is 10.6. The van der Waals surface area contributed by atoms with Crippen LogP contribution in [0.25, 0.3) is 0 Å². The molecule has 2 N–H and O–H groups in total. The molecule has 0 bridgehead atoms. The number of nitrogens with zero attached hydrogens (tertiary/aromatic N) is 1. The minimum Gasteiger partial charge on any atom is -0.490 e. The lowest BCUT2D eigenvalue weighted by Gasteiger charge is -2.06.